The number of ether oxygens (including phenoxy) is 1. The first kappa shape index (κ1) is 9.50. The molecule has 0 aromatic rings. The van der Waals surface area contributed by atoms with Crippen LogP contribution in [-0.2, 0) is 4.74 Å². The van der Waals surface area contributed by atoms with Crippen molar-refractivity contribution < 1.29 is 9.84 Å². The summed E-state index contributed by atoms with van der Waals surface area (Å²) in [5, 5.41) is 19.0. The second kappa shape index (κ2) is 3.04. The van der Waals surface area contributed by atoms with Gasteiger partial charge < -0.3 is 9.84 Å². The SMILES string of the molecule is CCC(C)(C#N)C1(O)CCOC1. The van der Waals surface area contributed by atoms with Crippen LogP contribution in [0.1, 0.15) is 26.7 Å². The van der Waals surface area contributed by atoms with Gasteiger partial charge in [-0.2, -0.15) is 5.26 Å². The van der Waals surface area contributed by atoms with E-state index in [1.54, 1.807) is 6.92 Å². The van der Waals surface area contributed by atoms with Crippen LogP contribution in [0.15, 0.2) is 0 Å². The third-order valence-electron chi connectivity index (χ3n) is 2.98. The lowest BCUT2D eigenvalue weighted by Crippen LogP contribution is -2.45. The summed E-state index contributed by atoms with van der Waals surface area (Å²) >= 11 is 0. The highest BCUT2D eigenvalue weighted by Gasteiger charge is 2.48. The smallest absolute Gasteiger partial charge is 0.108 e. The molecule has 1 saturated heterocycles. The molecule has 1 N–H and O–H groups in total. The lowest BCUT2D eigenvalue weighted by molar-refractivity contribution is -0.0525. The monoisotopic (exact) mass is 169 g/mol. The molecule has 3 heteroatoms. The average Bonchev–Trinajstić information content (AvgIpc) is 2.52. The minimum absolute atomic E-state index is 0.297. The van der Waals surface area contributed by atoms with E-state index in [1.807, 2.05) is 6.92 Å². The molecule has 2 atom stereocenters. The molecule has 1 aliphatic rings. The normalized spacial score (nSPS) is 34.2. The minimum Gasteiger partial charge on any atom is -0.386 e. The van der Waals surface area contributed by atoms with Gasteiger partial charge >= 0.3 is 0 Å². The Kier molecular flexibility index (Phi) is 2.41. The number of rotatable bonds is 2. The summed E-state index contributed by atoms with van der Waals surface area (Å²) in [7, 11) is 0. The molecule has 0 aromatic carbocycles. The Bertz CT molecular complexity index is 203. The van der Waals surface area contributed by atoms with Gasteiger partial charge in [0.15, 0.2) is 0 Å². The molecular weight excluding hydrogens is 154 g/mol. The first-order valence-electron chi connectivity index (χ1n) is 4.29. The van der Waals surface area contributed by atoms with Crippen LogP contribution in [0.2, 0.25) is 0 Å². The van der Waals surface area contributed by atoms with E-state index >= 15 is 0 Å². The zero-order valence-corrected chi connectivity index (χ0v) is 7.63. The van der Waals surface area contributed by atoms with Crippen LogP contribution in [0.3, 0.4) is 0 Å². The summed E-state index contributed by atoms with van der Waals surface area (Å²) in [6.07, 6.45) is 1.23. The van der Waals surface area contributed by atoms with Crippen molar-refractivity contribution >= 4 is 0 Å². The molecule has 1 rings (SSSR count). The Hall–Kier alpha value is -0.590. The van der Waals surface area contributed by atoms with E-state index in [9.17, 15) is 5.11 Å². The van der Waals surface area contributed by atoms with Gasteiger partial charge in [0.2, 0.25) is 0 Å². The zero-order valence-electron chi connectivity index (χ0n) is 7.63. The van der Waals surface area contributed by atoms with E-state index < -0.39 is 11.0 Å². The molecular formula is C9H15NO2. The van der Waals surface area contributed by atoms with Crippen molar-refractivity contribution in [3.05, 3.63) is 0 Å². The minimum atomic E-state index is -0.934. The van der Waals surface area contributed by atoms with Gasteiger partial charge in [-0.15, -0.1) is 0 Å². The summed E-state index contributed by atoms with van der Waals surface area (Å²) in [5.41, 5.74) is -1.60. The van der Waals surface area contributed by atoms with Crippen molar-refractivity contribution in [2.45, 2.75) is 32.3 Å². The maximum atomic E-state index is 10.1. The molecule has 1 fully saturated rings. The van der Waals surface area contributed by atoms with Crippen molar-refractivity contribution in [3.63, 3.8) is 0 Å². The maximum absolute atomic E-state index is 10.1. The highest BCUT2D eigenvalue weighted by Crippen LogP contribution is 2.39. The van der Waals surface area contributed by atoms with Gasteiger partial charge in [0.1, 0.15) is 5.60 Å². The van der Waals surface area contributed by atoms with Crippen molar-refractivity contribution in [3.8, 4) is 6.07 Å². The van der Waals surface area contributed by atoms with Crippen molar-refractivity contribution in [1.29, 1.82) is 5.26 Å². The molecule has 0 radical (unpaired) electrons. The fourth-order valence-corrected chi connectivity index (χ4v) is 1.50. The van der Waals surface area contributed by atoms with Crippen molar-refractivity contribution in [2.24, 2.45) is 5.41 Å². The molecule has 1 aliphatic heterocycles. The molecule has 0 spiro atoms. The van der Waals surface area contributed by atoms with Crippen LogP contribution in [0.5, 0.6) is 0 Å². The third kappa shape index (κ3) is 1.21. The molecule has 12 heavy (non-hydrogen) atoms. The van der Waals surface area contributed by atoms with Crippen molar-refractivity contribution in [1.82, 2.24) is 0 Å². The highest BCUT2D eigenvalue weighted by atomic mass is 16.5. The van der Waals surface area contributed by atoms with Gasteiger partial charge in [-0.05, 0) is 13.3 Å². The first-order valence-corrected chi connectivity index (χ1v) is 4.29. The molecule has 2 unspecified atom stereocenters. The van der Waals surface area contributed by atoms with E-state index in [0.717, 1.165) is 0 Å². The molecule has 1 heterocycles. The van der Waals surface area contributed by atoms with E-state index in [0.29, 0.717) is 26.1 Å². The number of aliphatic hydroxyl groups is 1. The molecule has 68 valence electrons. The second-order valence-corrected chi connectivity index (χ2v) is 3.63. The van der Waals surface area contributed by atoms with Crippen LogP contribution in [0.25, 0.3) is 0 Å². The van der Waals surface area contributed by atoms with Crippen LogP contribution in [0.4, 0.5) is 0 Å². The molecule has 0 saturated carbocycles. The molecule has 0 bridgehead atoms. The van der Waals surface area contributed by atoms with E-state index in [4.69, 9.17) is 10.00 Å². The second-order valence-electron chi connectivity index (χ2n) is 3.63. The predicted molar refractivity (Wildman–Crippen MR) is 44.4 cm³/mol. The average molecular weight is 169 g/mol. The number of hydrogen-bond donors (Lipinski definition) is 1. The lowest BCUT2D eigenvalue weighted by atomic mass is 9.72. The van der Waals surface area contributed by atoms with E-state index in [1.165, 1.54) is 0 Å². The van der Waals surface area contributed by atoms with Crippen LogP contribution >= 0.6 is 0 Å². The van der Waals surface area contributed by atoms with Crippen LogP contribution < -0.4 is 0 Å². The summed E-state index contributed by atoms with van der Waals surface area (Å²) in [6, 6.07) is 2.18. The molecule has 0 aromatic heterocycles. The summed E-state index contributed by atoms with van der Waals surface area (Å²) < 4.78 is 5.11. The third-order valence-corrected chi connectivity index (χ3v) is 2.98. The summed E-state index contributed by atoms with van der Waals surface area (Å²) in [5.74, 6) is 0. The number of nitrogens with zero attached hydrogens (tertiary/aromatic N) is 1. The fourth-order valence-electron chi connectivity index (χ4n) is 1.50. The van der Waals surface area contributed by atoms with Gasteiger partial charge in [0.25, 0.3) is 0 Å². The molecule has 3 nitrogen and oxygen atoms in total. The van der Waals surface area contributed by atoms with Crippen LogP contribution in [0, 0.1) is 16.7 Å². The standard InChI is InChI=1S/C9H15NO2/c1-3-8(2,6-10)9(11)4-5-12-7-9/h11H,3-5,7H2,1-2H3. The van der Waals surface area contributed by atoms with Gasteiger partial charge in [-0.3, -0.25) is 0 Å². The largest absolute Gasteiger partial charge is 0.386 e. The Morgan fingerprint density at radius 3 is 2.75 bits per heavy atom. The van der Waals surface area contributed by atoms with E-state index in [-0.39, 0.29) is 0 Å². The topological polar surface area (TPSA) is 53.2 Å². The van der Waals surface area contributed by atoms with Crippen LogP contribution in [-0.4, -0.2) is 23.9 Å². The van der Waals surface area contributed by atoms with Gasteiger partial charge in [0.05, 0.1) is 18.1 Å². The predicted octanol–water partition coefficient (Wildman–Crippen LogP) is 1.08. The van der Waals surface area contributed by atoms with Gasteiger partial charge in [0, 0.05) is 13.0 Å². The van der Waals surface area contributed by atoms with Gasteiger partial charge in [-0.25, -0.2) is 0 Å². The van der Waals surface area contributed by atoms with E-state index in [2.05, 4.69) is 6.07 Å². The Labute approximate surface area is 73.0 Å². The lowest BCUT2D eigenvalue weighted by Gasteiger charge is -2.35. The molecule has 0 aliphatic carbocycles. The number of hydrogen-bond acceptors (Lipinski definition) is 3. The fraction of sp³-hybridized carbons (Fsp3) is 0.889. The van der Waals surface area contributed by atoms with Crippen molar-refractivity contribution in [2.75, 3.05) is 13.2 Å². The van der Waals surface area contributed by atoms with Gasteiger partial charge in [-0.1, -0.05) is 6.92 Å². The summed E-state index contributed by atoms with van der Waals surface area (Å²) in [4.78, 5) is 0. The summed E-state index contributed by atoms with van der Waals surface area (Å²) in [6.45, 7) is 4.57. The Morgan fingerprint density at radius 1 is 1.75 bits per heavy atom. The highest BCUT2D eigenvalue weighted by molar-refractivity contribution is 5.09. The quantitative estimate of drug-likeness (QED) is 0.673. The maximum Gasteiger partial charge on any atom is 0.108 e. The Morgan fingerprint density at radius 2 is 2.42 bits per heavy atom. The molecule has 0 amide bonds. The zero-order chi connectivity index (χ0) is 9.24. The first-order chi connectivity index (χ1) is 5.58. The Balaban J connectivity index is 2.85. The number of nitriles is 1.